The third kappa shape index (κ3) is 3.59. The predicted molar refractivity (Wildman–Crippen MR) is 74.5 cm³/mol. The van der Waals surface area contributed by atoms with Crippen LogP contribution in [0.1, 0.15) is 17.4 Å². The lowest BCUT2D eigenvalue weighted by atomic mass is 10.2. The van der Waals surface area contributed by atoms with E-state index in [9.17, 15) is 9.59 Å². The van der Waals surface area contributed by atoms with Gasteiger partial charge >= 0.3 is 0 Å². The Morgan fingerprint density at radius 3 is 2.16 bits per heavy atom. The number of carbonyl (C=O) groups is 2. The molecule has 0 bridgehead atoms. The normalized spacial score (nSPS) is 10.0. The van der Waals surface area contributed by atoms with Crippen LogP contribution in [0.4, 0.5) is 11.4 Å². The molecule has 0 aliphatic rings. The summed E-state index contributed by atoms with van der Waals surface area (Å²) in [6.07, 6.45) is 1.54. The second-order valence-corrected chi connectivity index (χ2v) is 4.38. The molecular weight excluding hydrogens is 266 g/mol. The van der Waals surface area contributed by atoms with Crippen LogP contribution in [0.3, 0.4) is 0 Å². The van der Waals surface area contributed by atoms with E-state index in [0.29, 0.717) is 22.1 Å². The van der Waals surface area contributed by atoms with Crippen molar-refractivity contribution in [2.24, 2.45) is 0 Å². The molecule has 0 fully saturated rings. The minimum atomic E-state index is -0.279. The van der Waals surface area contributed by atoms with Gasteiger partial charge in [-0.25, -0.2) is 0 Å². The molecule has 0 aliphatic carbocycles. The largest absolute Gasteiger partial charge is 0.356 e. The molecule has 0 radical (unpaired) electrons. The molecule has 0 spiro atoms. The standard InChI is InChI=1S/C13H12ClN3O2/c1-8(18)16-10-2-4-11(5-3-10)17-13(19)12-6-9(14)7-15-12/h2-7,15H,1H3,(H,16,18)(H,17,19). The van der Waals surface area contributed by atoms with Crippen LogP contribution in [0.25, 0.3) is 0 Å². The maximum absolute atomic E-state index is 11.8. The summed E-state index contributed by atoms with van der Waals surface area (Å²) in [5.41, 5.74) is 1.69. The van der Waals surface area contributed by atoms with Crippen LogP contribution in [-0.4, -0.2) is 16.8 Å². The van der Waals surface area contributed by atoms with Crippen molar-refractivity contribution in [2.75, 3.05) is 10.6 Å². The van der Waals surface area contributed by atoms with Gasteiger partial charge < -0.3 is 15.6 Å². The zero-order valence-electron chi connectivity index (χ0n) is 10.2. The second-order valence-electron chi connectivity index (χ2n) is 3.94. The quantitative estimate of drug-likeness (QED) is 0.807. The fourth-order valence-corrected chi connectivity index (χ4v) is 1.70. The Kier molecular flexibility index (Phi) is 3.87. The number of rotatable bonds is 3. The lowest BCUT2D eigenvalue weighted by Crippen LogP contribution is -2.12. The summed E-state index contributed by atoms with van der Waals surface area (Å²) in [6.45, 7) is 1.44. The molecule has 0 saturated carbocycles. The predicted octanol–water partition coefficient (Wildman–Crippen LogP) is 2.88. The van der Waals surface area contributed by atoms with E-state index in [0.717, 1.165) is 0 Å². The van der Waals surface area contributed by atoms with Gasteiger partial charge in [0.2, 0.25) is 5.91 Å². The van der Waals surface area contributed by atoms with E-state index in [1.54, 1.807) is 30.3 Å². The molecule has 6 heteroatoms. The topological polar surface area (TPSA) is 74.0 Å². The molecule has 3 N–H and O–H groups in total. The lowest BCUT2D eigenvalue weighted by molar-refractivity contribution is -0.114. The molecule has 2 amide bonds. The van der Waals surface area contributed by atoms with E-state index in [1.807, 2.05) is 0 Å². The number of anilines is 2. The smallest absolute Gasteiger partial charge is 0.272 e. The van der Waals surface area contributed by atoms with Gasteiger partial charge in [0.1, 0.15) is 5.69 Å². The molecule has 19 heavy (non-hydrogen) atoms. The molecule has 2 aromatic rings. The monoisotopic (exact) mass is 277 g/mol. The number of halogens is 1. The maximum atomic E-state index is 11.8. The number of hydrogen-bond acceptors (Lipinski definition) is 2. The van der Waals surface area contributed by atoms with Crippen LogP contribution < -0.4 is 10.6 Å². The van der Waals surface area contributed by atoms with Crippen LogP contribution in [-0.2, 0) is 4.79 Å². The highest BCUT2D eigenvalue weighted by atomic mass is 35.5. The molecule has 1 aromatic carbocycles. The number of aromatic amines is 1. The number of hydrogen-bond donors (Lipinski definition) is 3. The van der Waals surface area contributed by atoms with Crippen molar-refractivity contribution in [3.05, 3.63) is 47.2 Å². The summed E-state index contributed by atoms with van der Waals surface area (Å²) in [5.74, 6) is -0.419. The Balaban J connectivity index is 2.03. The van der Waals surface area contributed by atoms with Crippen molar-refractivity contribution < 1.29 is 9.59 Å². The van der Waals surface area contributed by atoms with E-state index in [4.69, 9.17) is 11.6 Å². The lowest BCUT2D eigenvalue weighted by Gasteiger charge is -2.06. The SMILES string of the molecule is CC(=O)Nc1ccc(NC(=O)c2cc(Cl)c[nH]2)cc1. The number of benzene rings is 1. The number of aromatic nitrogens is 1. The Morgan fingerprint density at radius 1 is 1.11 bits per heavy atom. The van der Waals surface area contributed by atoms with Gasteiger partial charge in [-0.1, -0.05) is 11.6 Å². The van der Waals surface area contributed by atoms with Crippen molar-refractivity contribution in [3.8, 4) is 0 Å². The van der Waals surface area contributed by atoms with Crippen molar-refractivity contribution >= 4 is 34.8 Å². The molecule has 0 atom stereocenters. The van der Waals surface area contributed by atoms with Gasteiger partial charge in [-0.05, 0) is 30.3 Å². The number of carbonyl (C=O) groups excluding carboxylic acids is 2. The summed E-state index contributed by atoms with van der Waals surface area (Å²) in [6, 6.07) is 8.36. The van der Waals surface area contributed by atoms with E-state index < -0.39 is 0 Å². The third-order valence-electron chi connectivity index (χ3n) is 2.36. The zero-order chi connectivity index (χ0) is 13.8. The first-order chi connectivity index (χ1) is 9.04. The average Bonchev–Trinajstić information content (AvgIpc) is 2.78. The Morgan fingerprint density at radius 2 is 1.68 bits per heavy atom. The molecular formula is C13H12ClN3O2. The first kappa shape index (κ1) is 13.2. The van der Waals surface area contributed by atoms with Crippen molar-refractivity contribution in [1.82, 2.24) is 4.98 Å². The minimum Gasteiger partial charge on any atom is -0.356 e. The summed E-state index contributed by atoms with van der Waals surface area (Å²) in [7, 11) is 0. The van der Waals surface area contributed by atoms with Gasteiger partial charge in [0.15, 0.2) is 0 Å². The Bertz CT molecular complexity index is 605. The molecule has 1 heterocycles. The minimum absolute atomic E-state index is 0.141. The molecule has 0 aliphatic heterocycles. The van der Waals surface area contributed by atoms with E-state index in [1.165, 1.54) is 13.1 Å². The van der Waals surface area contributed by atoms with Gasteiger partial charge in [0.05, 0.1) is 5.02 Å². The zero-order valence-corrected chi connectivity index (χ0v) is 10.9. The summed E-state index contributed by atoms with van der Waals surface area (Å²) in [5, 5.41) is 5.83. The van der Waals surface area contributed by atoms with Crippen molar-refractivity contribution in [3.63, 3.8) is 0 Å². The fourth-order valence-electron chi connectivity index (χ4n) is 1.54. The molecule has 98 valence electrons. The van der Waals surface area contributed by atoms with Gasteiger partial charge in [0.25, 0.3) is 5.91 Å². The van der Waals surface area contributed by atoms with Crippen LogP contribution in [0.2, 0.25) is 5.02 Å². The van der Waals surface area contributed by atoms with Crippen molar-refractivity contribution in [1.29, 1.82) is 0 Å². The number of H-pyrrole nitrogens is 1. The second kappa shape index (κ2) is 5.58. The van der Waals surface area contributed by atoms with Crippen LogP contribution in [0.15, 0.2) is 36.5 Å². The Labute approximate surface area is 115 Å². The summed E-state index contributed by atoms with van der Waals surface area (Å²) < 4.78 is 0. The van der Waals surface area contributed by atoms with E-state index in [-0.39, 0.29) is 11.8 Å². The van der Waals surface area contributed by atoms with Gasteiger partial charge in [-0.2, -0.15) is 0 Å². The van der Waals surface area contributed by atoms with Gasteiger partial charge in [0, 0.05) is 24.5 Å². The van der Waals surface area contributed by atoms with E-state index in [2.05, 4.69) is 15.6 Å². The first-order valence-electron chi connectivity index (χ1n) is 5.57. The highest BCUT2D eigenvalue weighted by Gasteiger charge is 2.08. The van der Waals surface area contributed by atoms with Gasteiger partial charge in [-0.3, -0.25) is 9.59 Å². The fraction of sp³-hybridized carbons (Fsp3) is 0.0769. The van der Waals surface area contributed by atoms with Crippen LogP contribution in [0.5, 0.6) is 0 Å². The molecule has 5 nitrogen and oxygen atoms in total. The molecule has 2 rings (SSSR count). The molecule has 0 saturated heterocycles. The van der Waals surface area contributed by atoms with Crippen LogP contribution >= 0.6 is 11.6 Å². The molecule has 1 aromatic heterocycles. The summed E-state index contributed by atoms with van der Waals surface area (Å²) in [4.78, 5) is 25.4. The number of nitrogens with one attached hydrogen (secondary N) is 3. The third-order valence-corrected chi connectivity index (χ3v) is 2.57. The molecule has 0 unspecified atom stereocenters. The Hall–Kier alpha value is -2.27. The first-order valence-corrected chi connectivity index (χ1v) is 5.95. The van der Waals surface area contributed by atoms with Crippen LogP contribution in [0, 0.1) is 0 Å². The highest BCUT2D eigenvalue weighted by molar-refractivity contribution is 6.31. The summed E-state index contributed by atoms with van der Waals surface area (Å²) >= 11 is 5.73. The van der Waals surface area contributed by atoms with Gasteiger partial charge in [-0.15, -0.1) is 0 Å². The maximum Gasteiger partial charge on any atom is 0.272 e. The highest BCUT2D eigenvalue weighted by Crippen LogP contribution is 2.15. The number of amides is 2. The average molecular weight is 278 g/mol. The van der Waals surface area contributed by atoms with Crippen molar-refractivity contribution in [2.45, 2.75) is 6.92 Å². The van der Waals surface area contributed by atoms with E-state index >= 15 is 0 Å².